The standard InChI is InChI=1S/C27H53O8P/c1-3-5-7-9-11-12-13-14-16-18-20-22-27(29)35-25(24-34-36(30,31)32)23-33-26(28)21-19-17-15-10-8-6-4-2/h25H,3-24H2,1-2H3,(H2,30,31,32). The largest absolute Gasteiger partial charge is 0.469 e. The highest BCUT2D eigenvalue weighted by molar-refractivity contribution is 7.46. The lowest BCUT2D eigenvalue weighted by molar-refractivity contribution is -0.161. The van der Waals surface area contributed by atoms with Gasteiger partial charge in [0, 0.05) is 12.8 Å². The van der Waals surface area contributed by atoms with Crippen molar-refractivity contribution >= 4 is 19.8 Å². The van der Waals surface area contributed by atoms with Gasteiger partial charge in [-0.1, -0.05) is 117 Å². The van der Waals surface area contributed by atoms with Gasteiger partial charge in [-0.3, -0.25) is 14.1 Å². The molecule has 0 aromatic rings. The molecule has 0 fully saturated rings. The van der Waals surface area contributed by atoms with Crippen LogP contribution in [0.3, 0.4) is 0 Å². The van der Waals surface area contributed by atoms with E-state index in [1.807, 2.05) is 0 Å². The minimum atomic E-state index is -4.72. The number of carbonyl (C=O) groups excluding carboxylic acids is 2. The van der Waals surface area contributed by atoms with Gasteiger partial charge in [-0.05, 0) is 12.8 Å². The zero-order valence-electron chi connectivity index (χ0n) is 22.9. The van der Waals surface area contributed by atoms with Crippen LogP contribution in [-0.2, 0) is 28.2 Å². The molecule has 36 heavy (non-hydrogen) atoms. The van der Waals surface area contributed by atoms with E-state index in [-0.39, 0.29) is 19.4 Å². The molecule has 0 rings (SSSR count). The van der Waals surface area contributed by atoms with Crippen molar-refractivity contribution in [1.82, 2.24) is 0 Å². The van der Waals surface area contributed by atoms with Gasteiger partial charge < -0.3 is 19.3 Å². The lowest BCUT2D eigenvalue weighted by Gasteiger charge is -2.18. The van der Waals surface area contributed by atoms with Crippen LogP contribution in [0.4, 0.5) is 0 Å². The lowest BCUT2D eigenvalue weighted by atomic mass is 10.1. The summed E-state index contributed by atoms with van der Waals surface area (Å²) < 4.78 is 26.0. The first kappa shape index (κ1) is 35.0. The van der Waals surface area contributed by atoms with Crippen molar-refractivity contribution in [3.05, 3.63) is 0 Å². The molecular formula is C27H53O8P. The van der Waals surface area contributed by atoms with Gasteiger partial charge in [0.1, 0.15) is 6.61 Å². The summed E-state index contributed by atoms with van der Waals surface area (Å²) in [6.45, 7) is 3.59. The third-order valence-corrected chi connectivity index (χ3v) is 6.61. The van der Waals surface area contributed by atoms with Crippen LogP contribution in [-0.4, -0.2) is 41.0 Å². The van der Waals surface area contributed by atoms with E-state index in [4.69, 9.17) is 19.3 Å². The van der Waals surface area contributed by atoms with E-state index in [0.29, 0.717) is 6.42 Å². The summed E-state index contributed by atoms with van der Waals surface area (Å²) in [5.41, 5.74) is 0. The predicted molar refractivity (Wildman–Crippen MR) is 143 cm³/mol. The fraction of sp³-hybridized carbons (Fsp3) is 0.926. The first-order chi connectivity index (χ1) is 17.3. The molecule has 8 nitrogen and oxygen atoms in total. The zero-order chi connectivity index (χ0) is 26.9. The molecule has 0 aromatic heterocycles. The molecule has 0 aromatic carbocycles. The van der Waals surface area contributed by atoms with E-state index in [9.17, 15) is 14.2 Å². The maximum atomic E-state index is 12.2. The van der Waals surface area contributed by atoms with Gasteiger partial charge in [-0.2, -0.15) is 0 Å². The third-order valence-electron chi connectivity index (χ3n) is 6.13. The molecule has 0 saturated heterocycles. The van der Waals surface area contributed by atoms with Crippen molar-refractivity contribution < 1.29 is 37.9 Å². The van der Waals surface area contributed by atoms with E-state index in [1.165, 1.54) is 70.6 Å². The number of ether oxygens (including phenoxy) is 2. The molecule has 0 aliphatic rings. The number of unbranched alkanes of at least 4 members (excludes halogenated alkanes) is 16. The van der Waals surface area contributed by atoms with Crippen molar-refractivity contribution in [1.29, 1.82) is 0 Å². The molecule has 0 bridgehead atoms. The SMILES string of the molecule is CCCCCCCCCCCCCC(=O)OC(COC(=O)CCCCCCCCC)COP(=O)(O)O. The number of phosphoric acid groups is 1. The van der Waals surface area contributed by atoms with Crippen molar-refractivity contribution in [2.24, 2.45) is 0 Å². The quantitative estimate of drug-likeness (QED) is 0.0667. The van der Waals surface area contributed by atoms with E-state index < -0.39 is 32.5 Å². The molecule has 0 saturated carbocycles. The van der Waals surface area contributed by atoms with Gasteiger partial charge in [0.15, 0.2) is 6.10 Å². The maximum absolute atomic E-state index is 12.2. The number of rotatable bonds is 26. The highest BCUT2D eigenvalue weighted by Gasteiger charge is 2.22. The first-order valence-corrected chi connectivity index (χ1v) is 15.9. The number of esters is 2. The van der Waals surface area contributed by atoms with Crippen molar-refractivity contribution in [3.63, 3.8) is 0 Å². The monoisotopic (exact) mass is 536 g/mol. The molecule has 0 radical (unpaired) electrons. The van der Waals surface area contributed by atoms with Gasteiger partial charge in [0.2, 0.25) is 0 Å². The second kappa shape index (κ2) is 24.4. The highest BCUT2D eigenvalue weighted by Crippen LogP contribution is 2.35. The molecule has 0 spiro atoms. The van der Waals surface area contributed by atoms with Gasteiger partial charge in [0.25, 0.3) is 0 Å². The van der Waals surface area contributed by atoms with Gasteiger partial charge >= 0.3 is 19.8 Å². The van der Waals surface area contributed by atoms with E-state index in [2.05, 4.69) is 18.4 Å². The Morgan fingerprint density at radius 1 is 0.611 bits per heavy atom. The van der Waals surface area contributed by atoms with E-state index >= 15 is 0 Å². The summed E-state index contributed by atoms with van der Waals surface area (Å²) in [6.07, 6.45) is 19.9. The van der Waals surface area contributed by atoms with Gasteiger partial charge in [-0.25, -0.2) is 4.57 Å². The molecule has 1 atom stereocenters. The second-order valence-electron chi connectivity index (χ2n) is 9.74. The number of hydrogen-bond acceptors (Lipinski definition) is 6. The van der Waals surface area contributed by atoms with Crippen LogP contribution in [0, 0.1) is 0 Å². The molecule has 1 unspecified atom stereocenters. The van der Waals surface area contributed by atoms with Crippen LogP contribution in [0.25, 0.3) is 0 Å². The lowest BCUT2D eigenvalue weighted by Crippen LogP contribution is -2.29. The Bertz CT molecular complexity index is 578. The molecule has 0 aliphatic heterocycles. The van der Waals surface area contributed by atoms with Crippen molar-refractivity contribution in [2.45, 2.75) is 148 Å². The van der Waals surface area contributed by atoms with Crippen LogP contribution in [0.1, 0.15) is 142 Å². The summed E-state index contributed by atoms with van der Waals surface area (Å²) in [5.74, 6) is -0.889. The molecule has 9 heteroatoms. The maximum Gasteiger partial charge on any atom is 0.469 e. The van der Waals surface area contributed by atoms with Crippen LogP contribution in [0.2, 0.25) is 0 Å². The smallest absolute Gasteiger partial charge is 0.462 e. The van der Waals surface area contributed by atoms with E-state index in [0.717, 1.165) is 38.5 Å². The summed E-state index contributed by atoms with van der Waals surface area (Å²) >= 11 is 0. The van der Waals surface area contributed by atoms with E-state index in [1.54, 1.807) is 0 Å². The number of hydrogen-bond donors (Lipinski definition) is 2. The Labute approximate surface area is 219 Å². The minimum absolute atomic E-state index is 0.218. The zero-order valence-corrected chi connectivity index (χ0v) is 23.8. The predicted octanol–water partition coefficient (Wildman–Crippen LogP) is 7.39. The second-order valence-corrected chi connectivity index (χ2v) is 11.0. The topological polar surface area (TPSA) is 119 Å². The van der Waals surface area contributed by atoms with Gasteiger partial charge in [-0.15, -0.1) is 0 Å². The van der Waals surface area contributed by atoms with Crippen molar-refractivity contribution in [3.8, 4) is 0 Å². The fourth-order valence-electron chi connectivity index (χ4n) is 3.96. The molecule has 0 amide bonds. The first-order valence-electron chi connectivity index (χ1n) is 14.3. The summed E-state index contributed by atoms with van der Waals surface area (Å²) in [7, 11) is -4.72. The average Bonchev–Trinajstić information content (AvgIpc) is 2.83. The van der Waals surface area contributed by atoms with Crippen LogP contribution in [0.15, 0.2) is 0 Å². The molecule has 0 aliphatic carbocycles. The Hall–Kier alpha value is -0.950. The fourth-order valence-corrected chi connectivity index (χ4v) is 4.32. The molecule has 0 heterocycles. The van der Waals surface area contributed by atoms with Crippen LogP contribution in [0.5, 0.6) is 0 Å². The summed E-state index contributed by atoms with van der Waals surface area (Å²) in [5, 5.41) is 0. The summed E-state index contributed by atoms with van der Waals surface area (Å²) in [4.78, 5) is 42.1. The van der Waals surface area contributed by atoms with Crippen LogP contribution < -0.4 is 0 Å². The number of carbonyl (C=O) groups is 2. The van der Waals surface area contributed by atoms with Crippen molar-refractivity contribution in [2.75, 3.05) is 13.2 Å². The average molecular weight is 537 g/mol. The Balaban J connectivity index is 4.07. The molecular weight excluding hydrogens is 483 g/mol. The number of phosphoric ester groups is 1. The molecule has 214 valence electrons. The van der Waals surface area contributed by atoms with Crippen LogP contribution >= 0.6 is 7.82 Å². The third kappa shape index (κ3) is 26.1. The normalized spacial score (nSPS) is 12.4. The minimum Gasteiger partial charge on any atom is -0.462 e. The Morgan fingerprint density at radius 3 is 1.42 bits per heavy atom. The molecule has 2 N–H and O–H groups in total. The van der Waals surface area contributed by atoms with Gasteiger partial charge in [0.05, 0.1) is 6.61 Å². The summed E-state index contributed by atoms with van der Waals surface area (Å²) in [6, 6.07) is 0. The Kier molecular flexibility index (Phi) is 23.7. The Morgan fingerprint density at radius 2 is 1.00 bits per heavy atom. The highest BCUT2D eigenvalue weighted by atomic mass is 31.2.